The van der Waals surface area contributed by atoms with E-state index >= 15 is 0 Å². The van der Waals surface area contributed by atoms with Crippen LogP contribution >= 0.6 is 0 Å². The topological polar surface area (TPSA) is 17.3 Å². The Bertz CT molecular complexity index is 1200. The smallest absolute Gasteiger partial charge is 0.145 e. The fourth-order valence-corrected chi connectivity index (χ4v) is 3.57. The van der Waals surface area contributed by atoms with E-state index in [1.165, 1.54) is 32.8 Å². The summed E-state index contributed by atoms with van der Waals surface area (Å²) in [5.41, 5.74) is 5.80. The average Bonchev–Trinajstić information content (AvgIpc) is 3.08. The minimum atomic E-state index is 1.01. The van der Waals surface area contributed by atoms with Crippen molar-refractivity contribution in [2.75, 3.05) is 0 Å². The lowest BCUT2D eigenvalue weighted by atomic mass is 10.0. The zero-order valence-electron chi connectivity index (χ0n) is 13.4. The van der Waals surface area contributed by atoms with E-state index in [2.05, 4.69) is 78.1 Å². The van der Waals surface area contributed by atoms with Crippen LogP contribution in [0.25, 0.3) is 38.6 Å². The number of hydrogen-bond donors (Lipinski definition) is 0. The molecule has 5 aromatic rings. The third-order valence-electron chi connectivity index (χ3n) is 4.68. The second-order valence-electron chi connectivity index (χ2n) is 6.23. The van der Waals surface area contributed by atoms with Crippen LogP contribution in [0.2, 0.25) is 0 Å². The Hall–Kier alpha value is -3.13. The van der Waals surface area contributed by atoms with Crippen molar-refractivity contribution in [1.29, 1.82) is 0 Å². The molecule has 2 heterocycles. The van der Waals surface area contributed by atoms with Gasteiger partial charge in [-0.25, -0.2) is 4.98 Å². The molecular formula is C22H16N2. The lowest BCUT2D eigenvalue weighted by molar-refractivity contribution is 1.27. The Labute approximate surface area is 140 Å². The summed E-state index contributed by atoms with van der Waals surface area (Å²) < 4.78 is 2.28. The Morgan fingerprint density at radius 3 is 2.33 bits per heavy atom. The van der Waals surface area contributed by atoms with Crippen molar-refractivity contribution in [1.82, 2.24) is 9.38 Å². The molecule has 0 fully saturated rings. The molecule has 114 valence electrons. The molecule has 5 rings (SSSR count). The first-order valence-electron chi connectivity index (χ1n) is 8.17. The largest absolute Gasteiger partial charge is 0.292 e. The number of pyridine rings is 1. The number of fused-ring (bicyclic) bond motifs is 6. The van der Waals surface area contributed by atoms with Gasteiger partial charge in [0, 0.05) is 16.3 Å². The molecule has 0 N–H and O–H groups in total. The van der Waals surface area contributed by atoms with Crippen molar-refractivity contribution in [2.45, 2.75) is 6.92 Å². The SMILES string of the molecule is Cc1ccc2c(c1)c1ccccc1c1ncc(-c3ccccc3)n21. The number of aryl methyl sites for hydroxylation is 1. The molecule has 0 aliphatic carbocycles. The molecule has 2 nitrogen and oxygen atoms in total. The molecule has 0 amide bonds. The van der Waals surface area contributed by atoms with Crippen LogP contribution in [-0.4, -0.2) is 9.38 Å². The number of aromatic nitrogens is 2. The number of benzene rings is 3. The second kappa shape index (κ2) is 4.93. The van der Waals surface area contributed by atoms with E-state index in [0.717, 1.165) is 11.3 Å². The van der Waals surface area contributed by atoms with Crippen LogP contribution in [0.15, 0.2) is 79.0 Å². The summed E-state index contributed by atoms with van der Waals surface area (Å²) in [4.78, 5) is 4.76. The van der Waals surface area contributed by atoms with Gasteiger partial charge in [-0.1, -0.05) is 66.2 Å². The van der Waals surface area contributed by atoms with Crippen molar-refractivity contribution in [2.24, 2.45) is 0 Å². The Morgan fingerprint density at radius 1 is 0.750 bits per heavy atom. The van der Waals surface area contributed by atoms with Crippen molar-refractivity contribution < 1.29 is 0 Å². The molecule has 0 spiro atoms. The summed E-state index contributed by atoms with van der Waals surface area (Å²) in [7, 11) is 0. The highest BCUT2D eigenvalue weighted by Crippen LogP contribution is 2.33. The van der Waals surface area contributed by atoms with Gasteiger partial charge in [-0.2, -0.15) is 0 Å². The van der Waals surface area contributed by atoms with Gasteiger partial charge >= 0.3 is 0 Å². The van der Waals surface area contributed by atoms with E-state index in [-0.39, 0.29) is 0 Å². The summed E-state index contributed by atoms with van der Waals surface area (Å²) in [6.45, 7) is 2.14. The van der Waals surface area contributed by atoms with E-state index in [1.807, 2.05) is 12.3 Å². The zero-order valence-corrected chi connectivity index (χ0v) is 13.4. The van der Waals surface area contributed by atoms with Crippen LogP contribution in [0.4, 0.5) is 0 Å². The van der Waals surface area contributed by atoms with Crippen molar-refractivity contribution >= 4 is 27.3 Å². The van der Waals surface area contributed by atoms with Gasteiger partial charge in [0.15, 0.2) is 0 Å². The van der Waals surface area contributed by atoms with Crippen LogP contribution in [-0.2, 0) is 0 Å². The van der Waals surface area contributed by atoms with Gasteiger partial charge in [0.05, 0.1) is 17.4 Å². The van der Waals surface area contributed by atoms with E-state index in [9.17, 15) is 0 Å². The zero-order chi connectivity index (χ0) is 16.1. The summed E-state index contributed by atoms with van der Waals surface area (Å²) in [6, 6.07) is 25.6. The Kier molecular flexibility index (Phi) is 2.74. The van der Waals surface area contributed by atoms with Crippen LogP contribution in [0.5, 0.6) is 0 Å². The van der Waals surface area contributed by atoms with Gasteiger partial charge < -0.3 is 0 Å². The average molecular weight is 308 g/mol. The van der Waals surface area contributed by atoms with Crippen LogP contribution in [0, 0.1) is 6.92 Å². The molecule has 0 bridgehead atoms. The monoisotopic (exact) mass is 308 g/mol. The van der Waals surface area contributed by atoms with E-state index < -0.39 is 0 Å². The van der Waals surface area contributed by atoms with E-state index in [0.29, 0.717) is 0 Å². The van der Waals surface area contributed by atoms with E-state index in [1.54, 1.807) is 0 Å². The molecule has 24 heavy (non-hydrogen) atoms. The highest BCUT2D eigenvalue weighted by Gasteiger charge is 2.13. The normalized spacial score (nSPS) is 11.5. The fourth-order valence-electron chi connectivity index (χ4n) is 3.57. The van der Waals surface area contributed by atoms with Crippen molar-refractivity contribution in [3.63, 3.8) is 0 Å². The molecule has 0 unspecified atom stereocenters. The molecule has 0 saturated heterocycles. The summed E-state index contributed by atoms with van der Waals surface area (Å²) in [5, 5.41) is 3.72. The highest BCUT2D eigenvalue weighted by atomic mass is 15.0. The minimum Gasteiger partial charge on any atom is -0.292 e. The standard InChI is InChI=1S/C22H16N2/c1-15-11-12-20-19(13-15)17-9-5-6-10-18(17)22-23-14-21(24(20)22)16-7-3-2-4-8-16/h2-14H,1H3. The number of hydrogen-bond acceptors (Lipinski definition) is 1. The summed E-state index contributed by atoms with van der Waals surface area (Å²) in [6.07, 6.45) is 1.98. The predicted molar refractivity (Wildman–Crippen MR) is 100 cm³/mol. The number of nitrogens with zero attached hydrogens (tertiary/aromatic N) is 2. The van der Waals surface area contributed by atoms with Crippen LogP contribution in [0.1, 0.15) is 5.56 Å². The van der Waals surface area contributed by atoms with E-state index in [4.69, 9.17) is 4.98 Å². The molecule has 3 aromatic carbocycles. The maximum atomic E-state index is 4.76. The van der Waals surface area contributed by atoms with Gasteiger partial charge in [-0.3, -0.25) is 4.40 Å². The van der Waals surface area contributed by atoms with Crippen LogP contribution < -0.4 is 0 Å². The number of rotatable bonds is 1. The van der Waals surface area contributed by atoms with Gasteiger partial charge in [0.1, 0.15) is 5.65 Å². The predicted octanol–water partition coefficient (Wildman–Crippen LogP) is 5.62. The maximum Gasteiger partial charge on any atom is 0.145 e. The quantitative estimate of drug-likeness (QED) is 0.368. The molecule has 2 heteroatoms. The molecule has 0 aliphatic rings. The maximum absolute atomic E-state index is 4.76. The summed E-state index contributed by atoms with van der Waals surface area (Å²) in [5.74, 6) is 0. The minimum absolute atomic E-state index is 1.01. The van der Waals surface area contributed by atoms with Crippen LogP contribution in [0.3, 0.4) is 0 Å². The van der Waals surface area contributed by atoms with Crippen molar-refractivity contribution in [3.05, 3.63) is 84.6 Å². The first kappa shape index (κ1) is 13.3. The molecule has 2 aromatic heterocycles. The molecule has 0 atom stereocenters. The lowest BCUT2D eigenvalue weighted by Crippen LogP contribution is -1.94. The van der Waals surface area contributed by atoms with Gasteiger partial charge in [0.25, 0.3) is 0 Å². The van der Waals surface area contributed by atoms with Gasteiger partial charge in [-0.05, 0) is 24.4 Å². The van der Waals surface area contributed by atoms with Gasteiger partial charge in [0.2, 0.25) is 0 Å². The molecule has 0 saturated carbocycles. The number of imidazole rings is 1. The first-order chi connectivity index (χ1) is 11.8. The third kappa shape index (κ3) is 1.80. The Balaban J connectivity index is 2.05. The first-order valence-corrected chi connectivity index (χ1v) is 8.17. The Morgan fingerprint density at radius 2 is 1.50 bits per heavy atom. The lowest BCUT2D eigenvalue weighted by Gasteiger charge is -2.11. The molecule has 0 aliphatic heterocycles. The van der Waals surface area contributed by atoms with Crippen molar-refractivity contribution in [3.8, 4) is 11.3 Å². The highest BCUT2D eigenvalue weighted by molar-refractivity contribution is 6.12. The fraction of sp³-hybridized carbons (Fsp3) is 0.0455. The second-order valence-corrected chi connectivity index (χ2v) is 6.23. The third-order valence-corrected chi connectivity index (χ3v) is 4.68. The molecular weight excluding hydrogens is 292 g/mol. The molecule has 0 radical (unpaired) electrons. The van der Waals surface area contributed by atoms with Gasteiger partial charge in [-0.15, -0.1) is 0 Å². The summed E-state index contributed by atoms with van der Waals surface area (Å²) >= 11 is 0.